The number of para-hydroxylation sites is 2. The van der Waals surface area contributed by atoms with Crippen LogP contribution in [0.2, 0.25) is 0 Å². The number of hydrogen-bond acceptors (Lipinski definition) is 3. The first-order valence-electron chi connectivity index (χ1n) is 16.8. The van der Waals surface area contributed by atoms with Gasteiger partial charge < -0.3 is 4.57 Å². The second kappa shape index (κ2) is 11.7. The zero-order chi connectivity index (χ0) is 33.0. The van der Waals surface area contributed by atoms with E-state index in [4.69, 9.17) is 9.97 Å². The lowest BCUT2D eigenvalue weighted by Gasteiger charge is -2.09. The maximum Gasteiger partial charge on any atom is 0.160 e. The SMILES string of the molecule is c1ccc(-c2nc(-c3ccccc3)c3sc4c(-c5ccc(-c6cccc7c6c6ccccc6n7-c6ccccc6)cc5)cccc4c3n2)cc1. The molecule has 3 aromatic heterocycles. The van der Waals surface area contributed by atoms with E-state index in [0.717, 1.165) is 38.2 Å². The highest BCUT2D eigenvalue weighted by atomic mass is 32.1. The third-order valence-electron chi connectivity index (χ3n) is 9.64. The van der Waals surface area contributed by atoms with Crippen molar-refractivity contribution in [1.29, 1.82) is 0 Å². The summed E-state index contributed by atoms with van der Waals surface area (Å²) in [5, 5.41) is 3.68. The lowest BCUT2D eigenvalue weighted by atomic mass is 9.96. The van der Waals surface area contributed by atoms with Gasteiger partial charge in [-0.2, -0.15) is 0 Å². The summed E-state index contributed by atoms with van der Waals surface area (Å²) in [6, 6.07) is 62.4. The largest absolute Gasteiger partial charge is 0.309 e. The number of hydrogen-bond donors (Lipinski definition) is 0. The Morgan fingerprint density at radius 1 is 0.400 bits per heavy atom. The van der Waals surface area contributed by atoms with Gasteiger partial charge in [0.2, 0.25) is 0 Å². The van der Waals surface area contributed by atoms with E-state index >= 15 is 0 Å². The fraction of sp³-hybridized carbons (Fsp3) is 0. The Morgan fingerprint density at radius 2 is 0.980 bits per heavy atom. The molecular formula is C46H29N3S. The molecule has 3 heterocycles. The summed E-state index contributed by atoms with van der Waals surface area (Å²) in [7, 11) is 0. The van der Waals surface area contributed by atoms with Crippen molar-refractivity contribution in [1.82, 2.24) is 14.5 Å². The predicted octanol–water partition coefficient (Wildman–Crippen LogP) is 12.6. The van der Waals surface area contributed by atoms with Gasteiger partial charge >= 0.3 is 0 Å². The minimum absolute atomic E-state index is 0.745. The van der Waals surface area contributed by atoms with Gasteiger partial charge in [-0.1, -0.05) is 152 Å². The maximum atomic E-state index is 5.18. The van der Waals surface area contributed by atoms with Gasteiger partial charge in [0.05, 0.1) is 26.9 Å². The first kappa shape index (κ1) is 28.6. The van der Waals surface area contributed by atoms with Crippen LogP contribution in [0.5, 0.6) is 0 Å². The number of thiophene rings is 1. The zero-order valence-corrected chi connectivity index (χ0v) is 27.8. The van der Waals surface area contributed by atoms with Crippen LogP contribution >= 0.6 is 11.3 Å². The standard InChI is InChI=1S/C46H29N3S/c1-4-14-32(15-5-1)42-45-43(48-46(47-42)33-16-6-2-7-17-33)38-23-12-22-36(44(38)50-45)31-28-26-30(27-29-31)35-21-13-25-40-41(35)37-20-10-11-24-39(37)49(40)34-18-8-3-9-19-34/h1-29H. The van der Waals surface area contributed by atoms with Gasteiger partial charge in [0.15, 0.2) is 5.82 Å². The van der Waals surface area contributed by atoms with E-state index in [1.54, 1.807) is 11.3 Å². The molecule has 3 nitrogen and oxygen atoms in total. The van der Waals surface area contributed by atoms with Gasteiger partial charge in [0, 0.05) is 37.7 Å². The second-order valence-electron chi connectivity index (χ2n) is 12.6. The predicted molar refractivity (Wildman–Crippen MR) is 211 cm³/mol. The van der Waals surface area contributed by atoms with Crippen LogP contribution in [0, 0.1) is 0 Å². The molecule has 0 fully saturated rings. The fourth-order valence-electron chi connectivity index (χ4n) is 7.35. The summed E-state index contributed by atoms with van der Waals surface area (Å²) < 4.78 is 4.71. The van der Waals surface area contributed by atoms with Crippen molar-refractivity contribution >= 4 is 53.4 Å². The number of aromatic nitrogens is 3. The van der Waals surface area contributed by atoms with Gasteiger partial charge in [-0.3, -0.25) is 0 Å². The Balaban J connectivity index is 1.13. The molecular weight excluding hydrogens is 627 g/mol. The van der Waals surface area contributed by atoms with Crippen LogP contribution < -0.4 is 0 Å². The van der Waals surface area contributed by atoms with Gasteiger partial charge in [-0.15, -0.1) is 11.3 Å². The first-order chi connectivity index (χ1) is 24.8. The Kier molecular flexibility index (Phi) is 6.68. The minimum atomic E-state index is 0.745. The highest BCUT2D eigenvalue weighted by molar-refractivity contribution is 7.26. The lowest BCUT2D eigenvalue weighted by molar-refractivity contribution is 1.18. The van der Waals surface area contributed by atoms with Crippen LogP contribution in [0.4, 0.5) is 0 Å². The van der Waals surface area contributed by atoms with Crippen LogP contribution in [0.15, 0.2) is 176 Å². The van der Waals surface area contributed by atoms with Crippen LogP contribution in [0.1, 0.15) is 0 Å². The van der Waals surface area contributed by atoms with E-state index in [1.807, 2.05) is 18.2 Å². The monoisotopic (exact) mass is 655 g/mol. The van der Waals surface area contributed by atoms with E-state index in [2.05, 4.69) is 162 Å². The molecule has 0 bridgehead atoms. The number of benzene rings is 7. The highest BCUT2D eigenvalue weighted by Crippen LogP contribution is 2.44. The topological polar surface area (TPSA) is 30.7 Å². The Labute approximate surface area is 293 Å². The molecule has 7 aromatic carbocycles. The van der Waals surface area contributed by atoms with Crippen LogP contribution in [0.25, 0.3) is 92.7 Å². The quantitative estimate of drug-likeness (QED) is 0.185. The molecule has 50 heavy (non-hydrogen) atoms. The molecule has 4 heteroatoms. The van der Waals surface area contributed by atoms with E-state index in [1.165, 1.54) is 54.4 Å². The van der Waals surface area contributed by atoms with E-state index in [-0.39, 0.29) is 0 Å². The molecule has 0 aliphatic carbocycles. The Hall–Kier alpha value is -6.36. The molecule has 0 aliphatic heterocycles. The van der Waals surface area contributed by atoms with Crippen LogP contribution in [0.3, 0.4) is 0 Å². The highest BCUT2D eigenvalue weighted by Gasteiger charge is 2.19. The van der Waals surface area contributed by atoms with Crippen molar-refractivity contribution in [3.63, 3.8) is 0 Å². The van der Waals surface area contributed by atoms with Crippen molar-refractivity contribution in [2.75, 3.05) is 0 Å². The van der Waals surface area contributed by atoms with Gasteiger partial charge in [-0.05, 0) is 46.5 Å². The summed E-state index contributed by atoms with van der Waals surface area (Å²) >= 11 is 1.79. The molecule has 0 radical (unpaired) electrons. The molecule has 0 saturated carbocycles. The number of fused-ring (bicyclic) bond motifs is 6. The summed E-state index contributed by atoms with van der Waals surface area (Å²) in [4.78, 5) is 10.3. The molecule has 0 aliphatic rings. The summed E-state index contributed by atoms with van der Waals surface area (Å²) in [6.07, 6.45) is 0. The van der Waals surface area contributed by atoms with Crippen LogP contribution in [-0.4, -0.2) is 14.5 Å². The van der Waals surface area contributed by atoms with E-state index in [0.29, 0.717) is 0 Å². The molecule has 10 rings (SSSR count). The van der Waals surface area contributed by atoms with E-state index in [9.17, 15) is 0 Å². The van der Waals surface area contributed by atoms with Crippen molar-refractivity contribution in [2.45, 2.75) is 0 Å². The van der Waals surface area contributed by atoms with Gasteiger partial charge in [0.1, 0.15) is 0 Å². The van der Waals surface area contributed by atoms with Crippen molar-refractivity contribution in [3.8, 4) is 50.6 Å². The lowest BCUT2D eigenvalue weighted by Crippen LogP contribution is -1.93. The average Bonchev–Trinajstić information content (AvgIpc) is 3.75. The van der Waals surface area contributed by atoms with Crippen LogP contribution in [-0.2, 0) is 0 Å². The molecule has 0 atom stereocenters. The third kappa shape index (κ3) is 4.57. The minimum Gasteiger partial charge on any atom is -0.309 e. The molecule has 0 saturated heterocycles. The summed E-state index contributed by atoms with van der Waals surface area (Å²) in [5.41, 5.74) is 12.5. The summed E-state index contributed by atoms with van der Waals surface area (Å²) in [5.74, 6) is 0.745. The molecule has 0 unspecified atom stereocenters. The zero-order valence-electron chi connectivity index (χ0n) is 27.0. The number of nitrogens with zero attached hydrogens (tertiary/aromatic N) is 3. The molecule has 10 aromatic rings. The fourth-order valence-corrected chi connectivity index (χ4v) is 8.63. The van der Waals surface area contributed by atoms with Crippen molar-refractivity contribution < 1.29 is 0 Å². The molecule has 0 spiro atoms. The average molecular weight is 656 g/mol. The van der Waals surface area contributed by atoms with Gasteiger partial charge in [0.25, 0.3) is 0 Å². The summed E-state index contributed by atoms with van der Waals surface area (Å²) in [6.45, 7) is 0. The molecule has 0 amide bonds. The van der Waals surface area contributed by atoms with Gasteiger partial charge in [-0.25, -0.2) is 9.97 Å². The van der Waals surface area contributed by atoms with Crippen molar-refractivity contribution in [2.24, 2.45) is 0 Å². The Morgan fingerprint density at radius 3 is 1.74 bits per heavy atom. The normalized spacial score (nSPS) is 11.6. The third-order valence-corrected chi connectivity index (χ3v) is 10.9. The second-order valence-corrected chi connectivity index (χ2v) is 13.6. The Bertz CT molecular complexity index is 2840. The molecule has 234 valence electrons. The number of rotatable bonds is 5. The van der Waals surface area contributed by atoms with Crippen molar-refractivity contribution in [3.05, 3.63) is 176 Å². The molecule has 0 N–H and O–H groups in total. The van der Waals surface area contributed by atoms with E-state index < -0.39 is 0 Å². The maximum absolute atomic E-state index is 5.18. The smallest absolute Gasteiger partial charge is 0.160 e. The first-order valence-corrected chi connectivity index (χ1v) is 17.7.